The average Bonchev–Trinajstić information content (AvgIpc) is 2.90. The Labute approximate surface area is 109 Å². The summed E-state index contributed by atoms with van der Waals surface area (Å²) < 4.78 is 0. The molecule has 17 heavy (non-hydrogen) atoms. The van der Waals surface area contributed by atoms with Crippen molar-refractivity contribution in [3.63, 3.8) is 0 Å². The van der Waals surface area contributed by atoms with Gasteiger partial charge in [0, 0.05) is 27.9 Å². The van der Waals surface area contributed by atoms with Crippen LogP contribution in [0.1, 0.15) is 27.6 Å². The lowest BCUT2D eigenvalue weighted by atomic mass is 10.0. The molecule has 2 aromatic heterocycles. The molecule has 0 spiro atoms. The molecule has 0 saturated heterocycles. The normalized spacial score (nSPS) is 17.9. The van der Waals surface area contributed by atoms with E-state index in [1.54, 1.807) is 0 Å². The molecule has 2 aromatic rings. The van der Waals surface area contributed by atoms with Crippen LogP contribution in [0.2, 0.25) is 0 Å². The minimum Gasteiger partial charge on any atom is -0.308 e. The van der Waals surface area contributed by atoms with Gasteiger partial charge in [0.2, 0.25) is 0 Å². The van der Waals surface area contributed by atoms with Gasteiger partial charge in [-0.05, 0) is 37.1 Å². The molecule has 0 atom stereocenters. The molecular weight excluding hydrogens is 248 g/mol. The van der Waals surface area contributed by atoms with E-state index in [9.17, 15) is 0 Å². The summed E-state index contributed by atoms with van der Waals surface area (Å²) in [6, 6.07) is 3.00. The van der Waals surface area contributed by atoms with Crippen LogP contribution in [0.15, 0.2) is 11.4 Å². The van der Waals surface area contributed by atoms with E-state index in [1.165, 1.54) is 51.7 Å². The minimum atomic E-state index is 0.771. The van der Waals surface area contributed by atoms with Crippen LogP contribution in [0.3, 0.4) is 0 Å². The lowest BCUT2D eigenvalue weighted by Gasteiger charge is -2.09. The highest BCUT2D eigenvalue weighted by molar-refractivity contribution is 7.12. The first-order valence-electron chi connectivity index (χ1n) is 6.19. The molecule has 0 bridgehead atoms. The van der Waals surface area contributed by atoms with Crippen molar-refractivity contribution in [1.82, 2.24) is 10.3 Å². The Bertz CT molecular complexity index is 552. The molecule has 4 rings (SSSR count). The maximum Gasteiger partial charge on any atom is 0.107 e. The molecule has 0 unspecified atom stereocenters. The van der Waals surface area contributed by atoms with Crippen LogP contribution >= 0.6 is 22.7 Å². The predicted molar refractivity (Wildman–Crippen MR) is 72.7 cm³/mol. The zero-order valence-corrected chi connectivity index (χ0v) is 11.2. The van der Waals surface area contributed by atoms with Gasteiger partial charge >= 0.3 is 0 Å². The largest absolute Gasteiger partial charge is 0.308 e. The smallest absolute Gasteiger partial charge is 0.107 e. The summed E-state index contributed by atoms with van der Waals surface area (Å²) in [7, 11) is 0. The average molecular weight is 262 g/mol. The summed E-state index contributed by atoms with van der Waals surface area (Å²) in [4.78, 5) is 7.83. The number of aryl methyl sites for hydroxylation is 2. The number of rotatable bonds is 3. The maximum atomic E-state index is 4.83. The predicted octanol–water partition coefficient (Wildman–Crippen LogP) is 3.22. The number of aromatic nitrogens is 1. The van der Waals surface area contributed by atoms with Crippen molar-refractivity contribution in [3.8, 4) is 11.3 Å². The van der Waals surface area contributed by atoms with Crippen LogP contribution in [0.4, 0.5) is 0 Å². The first-order valence-corrected chi connectivity index (χ1v) is 7.88. The molecule has 4 heteroatoms. The summed E-state index contributed by atoms with van der Waals surface area (Å²) in [6.07, 6.45) is 5.08. The first kappa shape index (κ1) is 10.2. The Morgan fingerprint density at radius 1 is 1.29 bits per heavy atom. The van der Waals surface area contributed by atoms with Gasteiger partial charge in [-0.1, -0.05) is 0 Å². The summed E-state index contributed by atoms with van der Waals surface area (Å²) >= 11 is 3.78. The van der Waals surface area contributed by atoms with Gasteiger partial charge in [-0.3, -0.25) is 0 Å². The second kappa shape index (κ2) is 3.90. The van der Waals surface area contributed by atoms with Gasteiger partial charge in [0.05, 0.1) is 5.69 Å². The fourth-order valence-electron chi connectivity index (χ4n) is 2.35. The van der Waals surface area contributed by atoms with Crippen LogP contribution in [0.25, 0.3) is 11.3 Å². The molecule has 0 aromatic carbocycles. The third kappa shape index (κ3) is 1.84. The molecule has 2 aliphatic rings. The quantitative estimate of drug-likeness (QED) is 0.918. The molecule has 0 aliphatic heterocycles. The summed E-state index contributed by atoms with van der Waals surface area (Å²) in [6.45, 7) is 0.960. The fraction of sp³-hybridized carbons (Fsp3) is 0.462. The Morgan fingerprint density at radius 3 is 3.06 bits per heavy atom. The third-order valence-corrected chi connectivity index (χ3v) is 5.54. The van der Waals surface area contributed by atoms with Gasteiger partial charge in [-0.2, -0.15) is 0 Å². The van der Waals surface area contributed by atoms with Crippen LogP contribution in [0, 0.1) is 0 Å². The van der Waals surface area contributed by atoms with Gasteiger partial charge < -0.3 is 5.32 Å². The zero-order chi connectivity index (χ0) is 11.2. The second-order valence-electron chi connectivity index (χ2n) is 4.79. The zero-order valence-electron chi connectivity index (χ0n) is 9.53. The fourth-order valence-corrected chi connectivity index (χ4v) is 4.26. The number of nitrogens with one attached hydrogen (secondary N) is 1. The number of thiophene rings is 1. The van der Waals surface area contributed by atoms with Gasteiger partial charge in [0.15, 0.2) is 0 Å². The molecule has 2 nitrogen and oxygen atoms in total. The van der Waals surface area contributed by atoms with Crippen molar-refractivity contribution in [2.75, 3.05) is 0 Å². The molecule has 1 fully saturated rings. The van der Waals surface area contributed by atoms with E-state index in [-0.39, 0.29) is 0 Å². The van der Waals surface area contributed by atoms with E-state index in [4.69, 9.17) is 4.98 Å². The van der Waals surface area contributed by atoms with Crippen LogP contribution in [-0.2, 0) is 19.4 Å². The summed E-state index contributed by atoms with van der Waals surface area (Å²) in [5, 5.41) is 7.01. The monoisotopic (exact) mass is 262 g/mol. The Hall–Kier alpha value is -0.710. The standard InChI is InChI=1S/C13H14N2S2/c1-2-8(1)14-7-12-15-13-9-5-6-16-10(9)3-4-11(13)17-12/h5-6,8,14H,1-4,7H2. The van der Waals surface area contributed by atoms with Crippen molar-refractivity contribution in [1.29, 1.82) is 0 Å². The third-order valence-electron chi connectivity index (χ3n) is 3.44. The molecule has 2 aliphatic carbocycles. The van der Waals surface area contributed by atoms with E-state index in [2.05, 4.69) is 16.8 Å². The van der Waals surface area contributed by atoms with E-state index in [0.29, 0.717) is 0 Å². The molecule has 88 valence electrons. The number of thiazole rings is 1. The van der Waals surface area contributed by atoms with Crippen molar-refractivity contribution in [2.45, 2.75) is 38.3 Å². The van der Waals surface area contributed by atoms with Gasteiger partial charge in [-0.25, -0.2) is 4.98 Å². The van der Waals surface area contributed by atoms with E-state index in [1.807, 2.05) is 22.7 Å². The van der Waals surface area contributed by atoms with Gasteiger partial charge in [0.1, 0.15) is 5.01 Å². The molecule has 0 amide bonds. The Balaban J connectivity index is 1.64. The molecule has 1 saturated carbocycles. The number of fused-ring (bicyclic) bond motifs is 3. The SMILES string of the molecule is c1cc2c(s1)CCc1sc(CNC3CC3)nc1-2. The maximum absolute atomic E-state index is 4.83. The second-order valence-corrected chi connectivity index (χ2v) is 6.96. The van der Waals surface area contributed by atoms with Crippen LogP contribution in [0.5, 0.6) is 0 Å². The molecular formula is C13H14N2S2. The topological polar surface area (TPSA) is 24.9 Å². The summed E-state index contributed by atoms with van der Waals surface area (Å²) in [5.41, 5.74) is 2.66. The molecule has 1 N–H and O–H groups in total. The first-order chi connectivity index (χ1) is 8.40. The minimum absolute atomic E-state index is 0.771. The Kier molecular flexibility index (Phi) is 2.35. The highest BCUT2D eigenvalue weighted by Gasteiger charge is 2.23. The van der Waals surface area contributed by atoms with Gasteiger partial charge in [-0.15, -0.1) is 22.7 Å². The van der Waals surface area contributed by atoms with Crippen molar-refractivity contribution < 1.29 is 0 Å². The van der Waals surface area contributed by atoms with Crippen molar-refractivity contribution >= 4 is 22.7 Å². The number of nitrogens with zero attached hydrogens (tertiary/aromatic N) is 1. The lowest BCUT2D eigenvalue weighted by Crippen LogP contribution is -2.14. The van der Waals surface area contributed by atoms with E-state index >= 15 is 0 Å². The van der Waals surface area contributed by atoms with E-state index < -0.39 is 0 Å². The highest BCUT2D eigenvalue weighted by atomic mass is 32.1. The van der Waals surface area contributed by atoms with E-state index in [0.717, 1.165) is 12.6 Å². The Morgan fingerprint density at radius 2 is 2.18 bits per heavy atom. The summed E-state index contributed by atoms with van der Waals surface area (Å²) in [5.74, 6) is 0. The lowest BCUT2D eigenvalue weighted by molar-refractivity contribution is 0.685. The number of hydrogen-bond donors (Lipinski definition) is 1. The number of hydrogen-bond acceptors (Lipinski definition) is 4. The van der Waals surface area contributed by atoms with Crippen LogP contribution in [-0.4, -0.2) is 11.0 Å². The van der Waals surface area contributed by atoms with Crippen molar-refractivity contribution in [2.24, 2.45) is 0 Å². The van der Waals surface area contributed by atoms with Crippen molar-refractivity contribution in [3.05, 3.63) is 26.2 Å². The van der Waals surface area contributed by atoms with Crippen LogP contribution < -0.4 is 5.32 Å². The van der Waals surface area contributed by atoms with Gasteiger partial charge in [0.25, 0.3) is 0 Å². The highest BCUT2D eigenvalue weighted by Crippen LogP contribution is 2.38. The molecule has 2 heterocycles. The molecule has 0 radical (unpaired) electrons.